The van der Waals surface area contributed by atoms with E-state index in [1.807, 2.05) is 44.2 Å². The van der Waals surface area contributed by atoms with E-state index in [2.05, 4.69) is 9.98 Å². The van der Waals surface area contributed by atoms with E-state index < -0.39 is 9.46 Å². The second-order valence-corrected chi connectivity index (χ2v) is 6.56. The highest BCUT2D eigenvalue weighted by Gasteiger charge is 2.39. The Morgan fingerprint density at radius 1 is 1.00 bits per heavy atom. The van der Waals surface area contributed by atoms with Crippen molar-refractivity contribution in [3.63, 3.8) is 0 Å². The van der Waals surface area contributed by atoms with E-state index in [-0.39, 0.29) is 0 Å². The van der Waals surface area contributed by atoms with Crippen LogP contribution < -0.4 is 0 Å². The Balaban J connectivity index is 2.51. The number of benzene rings is 1. The highest BCUT2D eigenvalue weighted by molar-refractivity contribution is 6.84. The van der Waals surface area contributed by atoms with Crippen LogP contribution in [0.3, 0.4) is 0 Å². The number of alkyl halides is 3. The number of halogens is 3. The summed E-state index contributed by atoms with van der Waals surface area (Å²) in [4.78, 5) is 8.86. The van der Waals surface area contributed by atoms with E-state index in [1.165, 1.54) is 0 Å². The van der Waals surface area contributed by atoms with Gasteiger partial charge in [-0.3, -0.25) is 9.98 Å². The van der Waals surface area contributed by atoms with Gasteiger partial charge in [0.2, 0.25) is 3.79 Å². The first-order valence-electron chi connectivity index (χ1n) is 5.12. The van der Waals surface area contributed by atoms with Crippen molar-refractivity contribution in [2.45, 2.75) is 23.3 Å². The number of nitrogens with zero attached hydrogens (tertiary/aromatic N) is 2. The van der Waals surface area contributed by atoms with Crippen LogP contribution in [-0.4, -0.2) is 20.9 Å². The molecule has 0 saturated heterocycles. The van der Waals surface area contributed by atoms with Crippen molar-refractivity contribution >= 4 is 46.2 Å². The molecule has 0 unspecified atom stereocenters. The van der Waals surface area contributed by atoms with Crippen LogP contribution in [0.2, 0.25) is 0 Å². The van der Waals surface area contributed by atoms with Crippen LogP contribution in [0.1, 0.15) is 19.4 Å². The molecule has 1 aliphatic heterocycles. The normalized spacial score (nSPS) is 18.9. The average molecular weight is 290 g/mol. The minimum atomic E-state index is -1.55. The van der Waals surface area contributed by atoms with Gasteiger partial charge in [-0.25, -0.2) is 0 Å². The lowest BCUT2D eigenvalue weighted by molar-refractivity contribution is 0.566. The molecule has 17 heavy (non-hydrogen) atoms. The fraction of sp³-hybridized carbons (Fsp3) is 0.333. The molecule has 1 aromatic rings. The third-order valence-electron chi connectivity index (χ3n) is 2.31. The fourth-order valence-electron chi connectivity index (χ4n) is 1.67. The molecule has 0 atom stereocenters. The van der Waals surface area contributed by atoms with Crippen LogP contribution in [0, 0.1) is 0 Å². The fourth-order valence-corrected chi connectivity index (χ4v) is 2.07. The number of hydrogen-bond donors (Lipinski definition) is 0. The largest absolute Gasteiger partial charge is 0.254 e. The first-order chi connectivity index (χ1) is 7.80. The molecule has 90 valence electrons. The zero-order chi connectivity index (χ0) is 12.7. The third kappa shape index (κ3) is 2.82. The lowest BCUT2D eigenvalue weighted by Crippen LogP contribution is -2.27. The van der Waals surface area contributed by atoms with Gasteiger partial charge in [-0.1, -0.05) is 65.1 Å². The SMILES string of the molecule is CC1(C)N=C(c2ccccc2)C(C(Cl)(Cl)Cl)=N1. The Kier molecular flexibility index (Phi) is 3.23. The summed E-state index contributed by atoms with van der Waals surface area (Å²) in [7, 11) is 0. The van der Waals surface area contributed by atoms with Crippen LogP contribution in [0.25, 0.3) is 0 Å². The van der Waals surface area contributed by atoms with Crippen molar-refractivity contribution in [3.05, 3.63) is 35.9 Å². The van der Waals surface area contributed by atoms with Crippen molar-refractivity contribution < 1.29 is 0 Å². The van der Waals surface area contributed by atoms with E-state index >= 15 is 0 Å². The van der Waals surface area contributed by atoms with Gasteiger partial charge in [0.1, 0.15) is 11.4 Å². The van der Waals surface area contributed by atoms with Gasteiger partial charge in [0.25, 0.3) is 0 Å². The van der Waals surface area contributed by atoms with E-state index in [1.54, 1.807) is 0 Å². The summed E-state index contributed by atoms with van der Waals surface area (Å²) < 4.78 is -1.55. The van der Waals surface area contributed by atoms with Crippen LogP contribution in [0.4, 0.5) is 0 Å². The van der Waals surface area contributed by atoms with E-state index in [9.17, 15) is 0 Å². The van der Waals surface area contributed by atoms with E-state index in [4.69, 9.17) is 34.8 Å². The second-order valence-electron chi connectivity index (χ2n) is 4.28. The molecule has 5 heteroatoms. The molecule has 0 fully saturated rings. The Hall–Kier alpha value is -0.570. The molecule has 2 rings (SSSR count). The quantitative estimate of drug-likeness (QED) is 0.697. The predicted octanol–water partition coefficient (Wildman–Crippen LogP) is 4.04. The molecule has 1 aromatic carbocycles. The van der Waals surface area contributed by atoms with Gasteiger partial charge in [0.05, 0.1) is 5.71 Å². The third-order valence-corrected chi connectivity index (χ3v) is 2.85. The van der Waals surface area contributed by atoms with Crippen LogP contribution in [-0.2, 0) is 0 Å². The summed E-state index contributed by atoms with van der Waals surface area (Å²) in [6, 6.07) is 9.60. The molecule has 0 saturated carbocycles. The molecule has 2 nitrogen and oxygen atoms in total. The molecule has 0 bridgehead atoms. The zero-order valence-electron chi connectivity index (χ0n) is 9.42. The van der Waals surface area contributed by atoms with Gasteiger partial charge in [0, 0.05) is 5.56 Å². The maximum Gasteiger partial charge on any atom is 0.234 e. The van der Waals surface area contributed by atoms with Gasteiger partial charge >= 0.3 is 0 Å². The van der Waals surface area contributed by atoms with Crippen molar-refractivity contribution in [3.8, 4) is 0 Å². The summed E-state index contributed by atoms with van der Waals surface area (Å²) in [5.41, 5.74) is 1.38. The minimum absolute atomic E-state index is 0.402. The summed E-state index contributed by atoms with van der Waals surface area (Å²) in [5.74, 6) is 0. The lowest BCUT2D eigenvalue weighted by atomic mass is 10.1. The Bertz CT molecular complexity index is 484. The molecule has 0 aliphatic carbocycles. The zero-order valence-corrected chi connectivity index (χ0v) is 11.7. The van der Waals surface area contributed by atoms with Crippen molar-refractivity contribution in [1.82, 2.24) is 0 Å². The Morgan fingerprint density at radius 3 is 2.12 bits per heavy atom. The summed E-state index contributed by atoms with van der Waals surface area (Å²) in [6.45, 7) is 3.75. The topological polar surface area (TPSA) is 24.7 Å². The molecule has 1 aliphatic rings. The molecule has 1 heterocycles. The molecule has 0 radical (unpaired) electrons. The number of hydrogen-bond acceptors (Lipinski definition) is 2. The van der Waals surface area contributed by atoms with Crippen molar-refractivity contribution in [2.24, 2.45) is 9.98 Å². The average Bonchev–Trinajstić information content (AvgIpc) is 2.56. The van der Waals surface area contributed by atoms with E-state index in [0.717, 1.165) is 5.56 Å². The highest BCUT2D eigenvalue weighted by atomic mass is 35.6. The lowest BCUT2D eigenvalue weighted by Gasteiger charge is -2.13. The van der Waals surface area contributed by atoms with Crippen molar-refractivity contribution in [2.75, 3.05) is 0 Å². The second kappa shape index (κ2) is 4.27. The Labute approximate surface area is 115 Å². The van der Waals surface area contributed by atoms with Crippen LogP contribution >= 0.6 is 34.8 Å². The maximum atomic E-state index is 5.93. The van der Waals surface area contributed by atoms with Crippen molar-refractivity contribution in [1.29, 1.82) is 0 Å². The molecular weight excluding hydrogens is 279 g/mol. The predicted molar refractivity (Wildman–Crippen MR) is 74.8 cm³/mol. The summed E-state index contributed by atoms with van der Waals surface area (Å²) in [6.07, 6.45) is 0. The number of aliphatic imine (C=N–C) groups is 2. The number of rotatable bonds is 1. The van der Waals surface area contributed by atoms with Gasteiger partial charge < -0.3 is 0 Å². The van der Waals surface area contributed by atoms with Crippen LogP contribution in [0.5, 0.6) is 0 Å². The van der Waals surface area contributed by atoms with Gasteiger partial charge in [0.15, 0.2) is 0 Å². The van der Waals surface area contributed by atoms with Crippen LogP contribution in [0.15, 0.2) is 40.3 Å². The first-order valence-corrected chi connectivity index (χ1v) is 6.26. The van der Waals surface area contributed by atoms with E-state index in [0.29, 0.717) is 11.4 Å². The first kappa shape index (κ1) is 12.9. The van der Waals surface area contributed by atoms with Gasteiger partial charge in [-0.15, -0.1) is 0 Å². The molecule has 0 N–H and O–H groups in total. The van der Waals surface area contributed by atoms with Gasteiger partial charge in [-0.05, 0) is 13.8 Å². The summed E-state index contributed by atoms with van der Waals surface area (Å²) in [5, 5.41) is 0. The maximum absolute atomic E-state index is 5.93. The summed E-state index contributed by atoms with van der Waals surface area (Å²) >= 11 is 17.8. The smallest absolute Gasteiger partial charge is 0.234 e. The molecule has 0 spiro atoms. The molecule has 0 amide bonds. The minimum Gasteiger partial charge on any atom is -0.254 e. The molecule has 0 aromatic heterocycles. The standard InChI is InChI=1S/C12H11Cl3N2/c1-11(2)16-9(8-6-4-3-5-7-8)10(17-11)12(13,14)15/h3-7H,1-2H3. The highest BCUT2D eigenvalue weighted by Crippen LogP contribution is 2.35. The Morgan fingerprint density at radius 2 is 1.59 bits per heavy atom. The monoisotopic (exact) mass is 288 g/mol. The van der Waals surface area contributed by atoms with Gasteiger partial charge in [-0.2, -0.15) is 0 Å². The molecular formula is C12H11Cl3N2.